The van der Waals surface area contributed by atoms with Crippen LogP contribution in [0.3, 0.4) is 0 Å². The van der Waals surface area contributed by atoms with Gasteiger partial charge in [0, 0.05) is 23.3 Å². The zero-order chi connectivity index (χ0) is 20.4. The van der Waals surface area contributed by atoms with Gasteiger partial charge in [0.05, 0.1) is 12.2 Å². The van der Waals surface area contributed by atoms with E-state index < -0.39 is 0 Å². The van der Waals surface area contributed by atoms with Crippen molar-refractivity contribution in [3.8, 4) is 11.4 Å². The molecule has 0 saturated heterocycles. The van der Waals surface area contributed by atoms with Gasteiger partial charge in [-0.15, -0.1) is 0 Å². The summed E-state index contributed by atoms with van der Waals surface area (Å²) in [5.74, 6) is 0.229. The molecular weight excluding hydrogens is 393 g/mol. The highest BCUT2D eigenvalue weighted by Crippen LogP contribution is 2.28. The van der Waals surface area contributed by atoms with Crippen LogP contribution >= 0.6 is 11.6 Å². The van der Waals surface area contributed by atoms with Crippen molar-refractivity contribution in [3.05, 3.63) is 76.3 Å². The van der Waals surface area contributed by atoms with E-state index in [9.17, 15) is 9.18 Å². The molecule has 1 aromatic heterocycles. The average Bonchev–Trinajstić information content (AvgIpc) is 3.31. The summed E-state index contributed by atoms with van der Waals surface area (Å²) < 4.78 is 20.7. The zero-order valence-corrected chi connectivity index (χ0v) is 16.8. The summed E-state index contributed by atoms with van der Waals surface area (Å²) in [5, 5.41) is 5.18. The first kappa shape index (κ1) is 19.5. The van der Waals surface area contributed by atoms with E-state index in [0.29, 0.717) is 29.6 Å². The molecular formula is C22H21ClFN3O2. The molecule has 3 aromatic rings. The van der Waals surface area contributed by atoms with E-state index in [1.807, 2.05) is 12.1 Å². The lowest BCUT2D eigenvalue weighted by Gasteiger charge is -2.17. The lowest BCUT2D eigenvalue weighted by molar-refractivity contribution is 0.0766. The minimum absolute atomic E-state index is 0.140. The third-order valence-corrected chi connectivity index (χ3v) is 5.28. The quantitative estimate of drug-likeness (QED) is 0.605. The summed E-state index contributed by atoms with van der Waals surface area (Å²) in [6.07, 6.45) is 2.66. The number of ether oxygens (including phenoxy) is 1. The second kappa shape index (κ2) is 8.25. The van der Waals surface area contributed by atoms with Gasteiger partial charge in [-0.2, -0.15) is 5.10 Å². The van der Waals surface area contributed by atoms with Crippen molar-refractivity contribution >= 4 is 17.5 Å². The van der Waals surface area contributed by atoms with Crippen molar-refractivity contribution in [2.45, 2.75) is 19.3 Å². The van der Waals surface area contributed by atoms with Crippen molar-refractivity contribution in [3.63, 3.8) is 0 Å². The van der Waals surface area contributed by atoms with E-state index >= 15 is 0 Å². The van der Waals surface area contributed by atoms with Crippen molar-refractivity contribution in [2.75, 3.05) is 20.2 Å². The molecule has 0 unspecified atom stereocenters. The predicted octanol–water partition coefficient (Wildman–Crippen LogP) is 4.30. The molecule has 0 bridgehead atoms. The smallest absolute Gasteiger partial charge is 0.274 e. The highest BCUT2D eigenvalue weighted by molar-refractivity contribution is 6.30. The maximum absolute atomic E-state index is 13.3. The lowest BCUT2D eigenvalue weighted by atomic mass is 10.2. The van der Waals surface area contributed by atoms with Gasteiger partial charge in [-0.25, -0.2) is 9.07 Å². The Morgan fingerprint density at radius 3 is 2.79 bits per heavy atom. The summed E-state index contributed by atoms with van der Waals surface area (Å²) in [6, 6.07) is 13.3. The van der Waals surface area contributed by atoms with Crippen LogP contribution in [0.5, 0.6) is 5.75 Å². The van der Waals surface area contributed by atoms with Crippen LogP contribution in [0.1, 0.15) is 28.2 Å². The molecule has 1 amide bonds. The van der Waals surface area contributed by atoms with E-state index in [4.69, 9.17) is 16.3 Å². The van der Waals surface area contributed by atoms with E-state index in [0.717, 1.165) is 36.2 Å². The van der Waals surface area contributed by atoms with Gasteiger partial charge in [-0.1, -0.05) is 17.7 Å². The number of rotatable bonds is 6. The minimum Gasteiger partial charge on any atom is -0.492 e. The number of carbonyl (C=O) groups is 1. The Hall–Kier alpha value is -2.86. The zero-order valence-electron chi connectivity index (χ0n) is 16.1. The van der Waals surface area contributed by atoms with Crippen molar-refractivity contribution in [1.29, 1.82) is 0 Å². The molecule has 5 nitrogen and oxygen atoms in total. The average molecular weight is 414 g/mol. The number of aromatic nitrogens is 2. The molecule has 7 heteroatoms. The number of fused-ring (bicyclic) bond motifs is 1. The molecule has 2 aromatic carbocycles. The summed E-state index contributed by atoms with van der Waals surface area (Å²) in [7, 11) is 1.74. The second-order valence-corrected chi connectivity index (χ2v) is 7.48. The van der Waals surface area contributed by atoms with Gasteiger partial charge in [0.15, 0.2) is 5.69 Å². The number of carbonyl (C=O) groups excluding carboxylic acids is 1. The Labute approximate surface area is 173 Å². The molecule has 0 radical (unpaired) electrons. The molecule has 0 fully saturated rings. The molecule has 1 heterocycles. The molecule has 0 spiro atoms. The predicted molar refractivity (Wildman–Crippen MR) is 109 cm³/mol. The highest BCUT2D eigenvalue weighted by atomic mass is 35.5. The van der Waals surface area contributed by atoms with E-state index in [1.165, 1.54) is 12.1 Å². The number of amides is 1. The molecule has 4 rings (SSSR count). The molecule has 0 aliphatic heterocycles. The molecule has 150 valence electrons. The first-order valence-electron chi connectivity index (χ1n) is 9.53. The number of benzene rings is 2. The molecule has 0 atom stereocenters. The maximum Gasteiger partial charge on any atom is 0.274 e. The van der Waals surface area contributed by atoms with Crippen LogP contribution in [0.25, 0.3) is 5.69 Å². The van der Waals surface area contributed by atoms with Gasteiger partial charge >= 0.3 is 0 Å². The first-order valence-corrected chi connectivity index (χ1v) is 9.91. The summed E-state index contributed by atoms with van der Waals surface area (Å²) in [6.45, 7) is 0.771. The SMILES string of the molecule is CN(CCOc1cccc(Cl)c1)C(=O)c1nn(-c2ccc(F)cc2)c2c1CCC2. The van der Waals surface area contributed by atoms with Crippen LogP contribution in [0, 0.1) is 5.82 Å². The maximum atomic E-state index is 13.3. The summed E-state index contributed by atoms with van der Waals surface area (Å²) in [4.78, 5) is 14.6. The van der Waals surface area contributed by atoms with E-state index in [2.05, 4.69) is 5.10 Å². The molecule has 0 N–H and O–H groups in total. The van der Waals surface area contributed by atoms with Gasteiger partial charge in [-0.05, 0) is 61.7 Å². The van der Waals surface area contributed by atoms with Crippen LogP contribution < -0.4 is 4.74 Å². The Morgan fingerprint density at radius 2 is 2.03 bits per heavy atom. The second-order valence-electron chi connectivity index (χ2n) is 7.05. The number of hydrogen-bond acceptors (Lipinski definition) is 3. The largest absolute Gasteiger partial charge is 0.492 e. The van der Waals surface area contributed by atoms with Crippen LogP contribution in [0.15, 0.2) is 48.5 Å². The summed E-state index contributed by atoms with van der Waals surface area (Å²) in [5.41, 5.74) is 3.24. The fourth-order valence-electron chi connectivity index (χ4n) is 3.54. The number of hydrogen-bond donors (Lipinski definition) is 0. The van der Waals surface area contributed by atoms with E-state index in [-0.39, 0.29) is 11.7 Å². The van der Waals surface area contributed by atoms with Crippen molar-refractivity contribution < 1.29 is 13.9 Å². The molecule has 1 aliphatic carbocycles. The van der Waals surface area contributed by atoms with Crippen molar-refractivity contribution in [1.82, 2.24) is 14.7 Å². The molecule has 1 aliphatic rings. The Bertz CT molecular complexity index is 1030. The fraction of sp³-hybridized carbons (Fsp3) is 0.273. The van der Waals surface area contributed by atoms with Gasteiger partial charge in [0.25, 0.3) is 5.91 Å². The van der Waals surface area contributed by atoms with Crippen molar-refractivity contribution in [2.24, 2.45) is 0 Å². The normalized spacial score (nSPS) is 12.7. The van der Waals surface area contributed by atoms with Crippen LogP contribution in [-0.2, 0) is 12.8 Å². The Balaban J connectivity index is 1.48. The molecule has 0 saturated carbocycles. The van der Waals surface area contributed by atoms with Crippen LogP contribution in [0.2, 0.25) is 5.02 Å². The van der Waals surface area contributed by atoms with Gasteiger partial charge < -0.3 is 9.64 Å². The van der Waals surface area contributed by atoms with Gasteiger partial charge in [0.2, 0.25) is 0 Å². The van der Waals surface area contributed by atoms with Crippen LogP contribution in [-0.4, -0.2) is 40.8 Å². The third kappa shape index (κ3) is 4.12. The first-order chi connectivity index (χ1) is 14.0. The topological polar surface area (TPSA) is 47.4 Å². The number of halogens is 2. The lowest BCUT2D eigenvalue weighted by Crippen LogP contribution is -2.31. The standard InChI is InChI=1S/C22H21ClFN3O2/c1-26(12-13-29-18-5-2-4-15(23)14-18)22(28)21-19-6-3-7-20(19)27(25-21)17-10-8-16(24)9-11-17/h2,4-5,8-11,14H,3,6-7,12-13H2,1H3. The third-order valence-electron chi connectivity index (χ3n) is 5.04. The Morgan fingerprint density at radius 1 is 1.24 bits per heavy atom. The number of nitrogens with zero attached hydrogens (tertiary/aromatic N) is 3. The number of likely N-dealkylation sites (N-methyl/N-ethyl adjacent to an activating group) is 1. The fourth-order valence-corrected chi connectivity index (χ4v) is 3.72. The summed E-state index contributed by atoms with van der Waals surface area (Å²) >= 11 is 5.96. The minimum atomic E-state index is -0.298. The molecule has 29 heavy (non-hydrogen) atoms. The van der Waals surface area contributed by atoms with E-state index in [1.54, 1.807) is 40.9 Å². The monoisotopic (exact) mass is 413 g/mol. The van der Waals surface area contributed by atoms with Crippen LogP contribution in [0.4, 0.5) is 4.39 Å². The Kier molecular flexibility index (Phi) is 5.53. The van der Waals surface area contributed by atoms with Gasteiger partial charge in [-0.3, -0.25) is 4.79 Å². The highest BCUT2D eigenvalue weighted by Gasteiger charge is 2.28. The van der Waals surface area contributed by atoms with Gasteiger partial charge in [0.1, 0.15) is 18.2 Å².